The summed E-state index contributed by atoms with van der Waals surface area (Å²) in [6.45, 7) is 4.19. The van der Waals surface area contributed by atoms with Gasteiger partial charge < -0.3 is 5.11 Å². The zero-order valence-electron chi connectivity index (χ0n) is 7.21. The molecule has 0 aliphatic heterocycles. The molecule has 0 bridgehead atoms. The maximum Gasteiger partial charge on any atom is 0.306 e. The Labute approximate surface area is 67.6 Å². The first-order valence-electron chi connectivity index (χ1n) is 4.34. The van der Waals surface area contributed by atoms with Crippen molar-refractivity contribution in [3.63, 3.8) is 0 Å². The summed E-state index contributed by atoms with van der Waals surface area (Å²) in [6.07, 6.45) is 3.15. The smallest absolute Gasteiger partial charge is 0.306 e. The summed E-state index contributed by atoms with van der Waals surface area (Å²) in [5.41, 5.74) is 0. The van der Waals surface area contributed by atoms with Crippen LogP contribution in [0.15, 0.2) is 0 Å². The van der Waals surface area contributed by atoms with Crippen molar-refractivity contribution in [3.05, 3.63) is 0 Å². The van der Waals surface area contributed by atoms with E-state index >= 15 is 0 Å². The molecule has 0 aromatic rings. The number of hydrogen-bond acceptors (Lipinski definition) is 1. The van der Waals surface area contributed by atoms with Crippen LogP contribution in [0, 0.1) is 17.8 Å². The van der Waals surface area contributed by atoms with E-state index in [0.717, 1.165) is 12.8 Å². The van der Waals surface area contributed by atoms with Crippen LogP contribution in [0.25, 0.3) is 0 Å². The summed E-state index contributed by atoms with van der Waals surface area (Å²) in [7, 11) is 0. The summed E-state index contributed by atoms with van der Waals surface area (Å²) in [4.78, 5) is 10.7. The average molecular weight is 156 g/mol. The van der Waals surface area contributed by atoms with E-state index in [1.54, 1.807) is 0 Å². The third-order valence-corrected chi connectivity index (χ3v) is 2.78. The lowest BCUT2D eigenvalue weighted by Crippen LogP contribution is -2.28. The topological polar surface area (TPSA) is 37.3 Å². The van der Waals surface area contributed by atoms with Crippen molar-refractivity contribution >= 4 is 5.97 Å². The zero-order valence-corrected chi connectivity index (χ0v) is 7.21. The van der Waals surface area contributed by atoms with Gasteiger partial charge in [-0.1, -0.05) is 20.3 Å². The van der Waals surface area contributed by atoms with Gasteiger partial charge in [0.25, 0.3) is 0 Å². The Hall–Kier alpha value is -0.530. The van der Waals surface area contributed by atoms with Crippen molar-refractivity contribution in [2.45, 2.75) is 33.1 Å². The minimum Gasteiger partial charge on any atom is -0.481 e. The van der Waals surface area contributed by atoms with Crippen LogP contribution in [0.1, 0.15) is 33.1 Å². The van der Waals surface area contributed by atoms with Crippen LogP contribution in [-0.4, -0.2) is 11.1 Å². The average Bonchev–Trinajstić information content (AvgIpc) is 1.94. The van der Waals surface area contributed by atoms with E-state index in [1.165, 1.54) is 6.42 Å². The van der Waals surface area contributed by atoms with Crippen molar-refractivity contribution in [1.29, 1.82) is 0 Å². The summed E-state index contributed by atoms with van der Waals surface area (Å²) in [5.74, 6) is 0.291. The Morgan fingerprint density at radius 3 is 2.45 bits per heavy atom. The lowest BCUT2D eigenvalue weighted by atomic mass is 9.76. The van der Waals surface area contributed by atoms with Crippen molar-refractivity contribution < 1.29 is 9.90 Å². The quantitative estimate of drug-likeness (QED) is 0.631. The maximum absolute atomic E-state index is 10.7. The molecule has 3 atom stereocenters. The Balaban J connectivity index is 2.54. The van der Waals surface area contributed by atoms with Gasteiger partial charge in [-0.25, -0.2) is 0 Å². The molecule has 0 amide bonds. The summed E-state index contributed by atoms with van der Waals surface area (Å²) in [5, 5.41) is 8.83. The maximum atomic E-state index is 10.7. The highest BCUT2D eigenvalue weighted by molar-refractivity contribution is 5.70. The number of carboxylic acids is 1. The monoisotopic (exact) mass is 156 g/mol. The number of rotatable bonds is 1. The molecule has 0 radical (unpaired) electrons. The predicted molar refractivity (Wildman–Crippen MR) is 43.3 cm³/mol. The van der Waals surface area contributed by atoms with E-state index in [2.05, 4.69) is 6.92 Å². The molecule has 1 saturated carbocycles. The molecule has 1 N–H and O–H groups in total. The van der Waals surface area contributed by atoms with Gasteiger partial charge in [0.2, 0.25) is 0 Å². The van der Waals surface area contributed by atoms with Gasteiger partial charge in [0.05, 0.1) is 5.92 Å². The third kappa shape index (κ3) is 1.95. The molecule has 0 spiro atoms. The van der Waals surface area contributed by atoms with E-state index in [-0.39, 0.29) is 5.92 Å². The van der Waals surface area contributed by atoms with Gasteiger partial charge in [-0.3, -0.25) is 4.79 Å². The molecule has 0 heterocycles. The molecule has 1 aliphatic rings. The molecule has 1 rings (SSSR count). The fraction of sp³-hybridized carbons (Fsp3) is 0.889. The Bertz CT molecular complexity index is 154. The van der Waals surface area contributed by atoms with Crippen LogP contribution in [0.5, 0.6) is 0 Å². The van der Waals surface area contributed by atoms with Gasteiger partial charge in [-0.05, 0) is 24.7 Å². The Kier molecular flexibility index (Phi) is 2.53. The van der Waals surface area contributed by atoms with E-state index in [0.29, 0.717) is 11.8 Å². The lowest BCUT2D eigenvalue weighted by molar-refractivity contribution is -0.145. The summed E-state index contributed by atoms with van der Waals surface area (Å²) >= 11 is 0. The standard InChI is InChI=1S/C9H16O2/c1-6-3-4-7(2)8(5-6)9(10)11/h6-8H,3-5H2,1-2H3,(H,10,11)/t6?,7-,8-/m1/s1. The fourth-order valence-electron chi connectivity index (χ4n) is 1.88. The molecule has 1 unspecified atom stereocenters. The largest absolute Gasteiger partial charge is 0.481 e. The van der Waals surface area contributed by atoms with Crippen LogP contribution in [0.4, 0.5) is 0 Å². The molecular formula is C9H16O2. The van der Waals surface area contributed by atoms with Crippen LogP contribution in [0.3, 0.4) is 0 Å². The molecule has 2 heteroatoms. The predicted octanol–water partition coefficient (Wildman–Crippen LogP) is 2.14. The number of carboxylic acid groups (broad SMARTS) is 1. The first kappa shape index (κ1) is 8.57. The lowest BCUT2D eigenvalue weighted by Gasteiger charge is -2.29. The second kappa shape index (κ2) is 3.24. The molecule has 1 fully saturated rings. The molecule has 0 saturated heterocycles. The van der Waals surface area contributed by atoms with E-state index in [4.69, 9.17) is 5.11 Å². The van der Waals surface area contributed by atoms with Crippen LogP contribution < -0.4 is 0 Å². The first-order valence-corrected chi connectivity index (χ1v) is 4.34. The minimum absolute atomic E-state index is 0.0845. The second-order valence-corrected chi connectivity index (χ2v) is 3.84. The van der Waals surface area contributed by atoms with Gasteiger partial charge in [-0.15, -0.1) is 0 Å². The zero-order chi connectivity index (χ0) is 8.43. The minimum atomic E-state index is -0.607. The molecule has 64 valence electrons. The van der Waals surface area contributed by atoms with E-state index in [1.807, 2.05) is 6.92 Å². The summed E-state index contributed by atoms with van der Waals surface area (Å²) < 4.78 is 0. The summed E-state index contributed by atoms with van der Waals surface area (Å²) in [6, 6.07) is 0. The van der Waals surface area contributed by atoms with Crippen molar-refractivity contribution in [1.82, 2.24) is 0 Å². The molecule has 0 aromatic heterocycles. The van der Waals surface area contributed by atoms with Crippen LogP contribution in [0.2, 0.25) is 0 Å². The highest BCUT2D eigenvalue weighted by Crippen LogP contribution is 2.33. The van der Waals surface area contributed by atoms with Gasteiger partial charge in [0.15, 0.2) is 0 Å². The number of carbonyl (C=O) groups is 1. The molecule has 0 aromatic carbocycles. The Morgan fingerprint density at radius 1 is 1.36 bits per heavy atom. The molecule has 11 heavy (non-hydrogen) atoms. The van der Waals surface area contributed by atoms with E-state index < -0.39 is 5.97 Å². The molecule has 2 nitrogen and oxygen atoms in total. The van der Waals surface area contributed by atoms with Crippen molar-refractivity contribution in [3.8, 4) is 0 Å². The normalized spacial score (nSPS) is 38.5. The molecular weight excluding hydrogens is 140 g/mol. The fourth-order valence-corrected chi connectivity index (χ4v) is 1.88. The third-order valence-electron chi connectivity index (χ3n) is 2.78. The van der Waals surface area contributed by atoms with Crippen LogP contribution in [-0.2, 0) is 4.79 Å². The van der Waals surface area contributed by atoms with Gasteiger partial charge in [-0.2, -0.15) is 0 Å². The van der Waals surface area contributed by atoms with Crippen LogP contribution >= 0.6 is 0 Å². The van der Waals surface area contributed by atoms with E-state index in [9.17, 15) is 4.79 Å². The van der Waals surface area contributed by atoms with Gasteiger partial charge in [0.1, 0.15) is 0 Å². The SMILES string of the molecule is CC1CC[C@@H](C)[C@H](C(=O)O)C1. The molecule has 1 aliphatic carbocycles. The van der Waals surface area contributed by atoms with Crippen molar-refractivity contribution in [2.24, 2.45) is 17.8 Å². The van der Waals surface area contributed by atoms with Crippen molar-refractivity contribution in [2.75, 3.05) is 0 Å². The van der Waals surface area contributed by atoms with Gasteiger partial charge >= 0.3 is 5.97 Å². The highest BCUT2D eigenvalue weighted by Gasteiger charge is 2.30. The van der Waals surface area contributed by atoms with Gasteiger partial charge in [0, 0.05) is 0 Å². The Morgan fingerprint density at radius 2 is 2.00 bits per heavy atom. The second-order valence-electron chi connectivity index (χ2n) is 3.84. The first-order chi connectivity index (χ1) is 5.11. The number of hydrogen-bond donors (Lipinski definition) is 1. The highest BCUT2D eigenvalue weighted by atomic mass is 16.4. The number of aliphatic carboxylic acids is 1.